The van der Waals surface area contributed by atoms with Gasteiger partial charge in [0.2, 0.25) is 0 Å². The summed E-state index contributed by atoms with van der Waals surface area (Å²) in [5, 5.41) is 14.0. The van der Waals surface area contributed by atoms with Crippen LogP contribution in [0.3, 0.4) is 0 Å². The Balaban J connectivity index is 2.06. The molecule has 1 aliphatic carbocycles. The first-order valence-corrected chi connectivity index (χ1v) is 5.84. The molecule has 0 atom stereocenters. The summed E-state index contributed by atoms with van der Waals surface area (Å²) in [7, 11) is 1.94. The van der Waals surface area contributed by atoms with E-state index >= 15 is 0 Å². The Morgan fingerprint density at radius 3 is 2.67 bits per heavy atom. The van der Waals surface area contributed by atoms with E-state index in [0.717, 1.165) is 25.0 Å². The first kappa shape index (κ1) is 10.7. The predicted octanol–water partition coefficient (Wildman–Crippen LogP) is 1.91. The van der Waals surface area contributed by atoms with Gasteiger partial charge in [0.1, 0.15) is 0 Å². The van der Waals surface area contributed by atoms with E-state index in [1.807, 2.05) is 17.9 Å². The molecule has 3 heteroatoms. The normalized spacial score (nSPS) is 20.4. The summed E-state index contributed by atoms with van der Waals surface area (Å²) >= 11 is 0. The van der Waals surface area contributed by atoms with Crippen LogP contribution in [0.25, 0.3) is 0 Å². The maximum absolute atomic E-state index is 9.58. The molecule has 0 radical (unpaired) electrons. The Kier molecular flexibility index (Phi) is 3.10. The van der Waals surface area contributed by atoms with Crippen LogP contribution in [0.2, 0.25) is 0 Å². The van der Waals surface area contributed by atoms with Crippen LogP contribution in [0.1, 0.15) is 37.8 Å². The highest BCUT2D eigenvalue weighted by Gasteiger charge is 2.32. The van der Waals surface area contributed by atoms with Gasteiger partial charge in [0.15, 0.2) is 0 Å². The molecule has 84 valence electrons. The lowest BCUT2D eigenvalue weighted by Gasteiger charge is -2.35. The van der Waals surface area contributed by atoms with Crippen molar-refractivity contribution in [2.24, 2.45) is 12.5 Å². The second kappa shape index (κ2) is 4.35. The standard InChI is InChI=1S/C12H20N2O/c1-14-8-5-11(13-14)9-12(10-15)6-3-2-4-7-12/h5,8,15H,2-4,6-7,9-10H2,1H3. The van der Waals surface area contributed by atoms with E-state index in [0.29, 0.717) is 6.61 Å². The average Bonchev–Trinajstić information content (AvgIpc) is 2.65. The van der Waals surface area contributed by atoms with Crippen molar-refractivity contribution in [2.45, 2.75) is 38.5 Å². The maximum Gasteiger partial charge on any atom is 0.0630 e. The number of hydrogen-bond acceptors (Lipinski definition) is 2. The minimum Gasteiger partial charge on any atom is -0.396 e. The molecule has 1 saturated carbocycles. The monoisotopic (exact) mass is 208 g/mol. The lowest BCUT2D eigenvalue weighted by Crippen LogP contribution is -2.30. The molecule has 1 aromatic heterocycles. The molecule has 0 amide bonds. The molecule has 0 aromatic carbocycles. The van der Waals surface area contributed by atoms with Crippen LogP contribution >= 0.6 is 0 Å². The van der Waals surface area contributed by atoms with Gasteiger partial charge in [0, 0.05) is 19.9 Å². The maximum atomic E-state index is 9.58. The third kappa shape index (κ3) is 2.40. The third-order valence-electron chi connectivity index (χ3n) is 3.57. The Hall–Kier alpha value is -0.830. The largest absolute Gasteiger partial charge is 0.396 e. The van der Waals surface area contributed by atoms with E-state index in [-0.39, 0.29) is 5.41 Å². The summed E-state index contributed by atoms with van der Waals surface area (Å²) in [6.45, 7) is 0.309. The Morgan fingerprint density at radius 1 is 1.40 bits per heavy atom. The zero-order chi connectivity index (χ0) is 10.7. The topological polar surface area (TPSA) is 38.0 Å². The van der Waals surface area contributed by atoms with Crippen LogP contribution in [-0.4, -0.2) is 21.5 Å². The lowest BCUT2D eigenvalue weighted by atomic mass is 9.72. The number of hydrogen-bond donors (Lipinski definition) is 1. The first-order valence-electron chi connectivity index (χ1n) is 5.84. The number of aliphatic hydroxyl groups excluding tert-OH is 1. The molecule has 15 heavy (non-hydrogen) atoms. The first-order chi connectivity index (χ1) is 7.24. The summed E-state index contributed by atoms with van der Waals surface area (Å²) in [5.41, 5.74) is 1.24. The number of nitrogens with zero attached hydrogens (tertiary/aromatic N) is 2. The highest BCUT2D eigenvalue weighted by Crippen LogP contribution is 2.38. The fourth-order valence-electron chi connectivity index (χ4n) is 2.63. The van der Waals surface area contributed by atoms with Crippen LogP contribution in [0.15, 0.2) is 12.3 Å². The van der Waals surface area contributed by atoms with Crippen molar-refractivity contribution in [3.8, 4) is 0 Å². The molecule has 0 spiro atoms. The molecule has 2 rings (SSSR count). The summed E-state index contributed by atoms with van der Waals surface area (Å²) in [4.78, 5) is 0. The van der Waals surface area contributed by atoms with E-state index in [4.69, 9.17) is 0 Å². The third-order valence-corrected chi connectivity index (χ3v) is 3.57. The lowest BCUT2D eigenvalue weighted by molar-refractivity contribution is 0.0812. The Bertz CT molecular complexity index is 313. The van der Waals surface area contributed by atoms with E-state index in [1.54, 1.807) is 0 Å². The zero-order valence-corrected chi connectivity index (χ0v) is 9.45. The smallest absolute Gasteiger partial charge is 0.0630 e. The van der Waals surface area contributed by atoms with Crippen LogP contribution in [-0.2, 0) is 13.5 Å². The van der Waals surface area contributed by atoms with E-state index in [2.05, 4.69) is 11.2 Å². The van der Waals surface area contributed by atoms with Gasteiger partial charge in [0.05, 0.1) is 5.69 Å². The van der Waals surface area contributed by atoms with Gasteiger partial charge in [-0.2, -0.15) is 5.10 Å². The minimum absolute atomic E-state index is 0.118. The SMILES string of the molecule is Cn1ccc(CC2(CO)CCCCC2)n1. The zero-order valence-electron chi connectivity index (χ0n) is 9.45. The quantitative estimate of drug-likeness (QED) is 0.824. The highest BCUT2D eigenvalue weighted by atomic mass is 16.3. The number of rotatable bonds is 3. The van der Waals surface area contributed by atoms with Gasteiger partial charge in [-0.15, -0.1) is 0 Å². The number of aliphatic hydroxyl groups is 1. The van der Waals surface area contributed by atoms with Gasteiger partial charge in [-0.25, -0.2) is 0 Å². The summed E-state index contributed by atoms with van der Waals surface area (Å²) in [6.07, 6.45) is 9.05. The average molecular weight is 208 g/mol. The second-order valence-electron chi connectivity index (χ2n) is 4.88. The van der Waals surface area contributed by atoms with Gasteiger partial charge in [-0.1, -0.05) is 19.3 Å². The van der Waals surface area contributed by atoms with Crippen molar-refractivity contribution in [1.82, 2.24) is 9.78 Å². The molecule has 0 saturated heterocycles. The molecular weight excluding hydrogens is 188 g/mol. The fourth-order valence-corrected chi connectivity index (χ4v) is 2.63. The van der Waals surface area contributed by atoms with Crippen molar-refractivity contribution in [1.29, 1.82) is 0 Å². The van der Waals surface area contributed by atoms with Gasteiger partial charge >= 0.3 is 0 Å². The van der Waals surface area contributed by atoms with Gasteiger partial charge < -0.3 is 5.11 Å². The molecule has 1 heterocycles. The molecule has 0 bridgehead atoms. The van der Waals surface area contributed by atoms with E-state index < -0.39 is 0 Å². The predicted molar refractivity (Wildman–Crippen MR) is 59.5 cm³/mol. The molecule has 1 fully saturated rings. The Morgan fingerprint density at radius 2 is 2.13 bits per heavy atom. The van der Waals surface area contributed by atoms with Crippen molar-refractivity contribution in [2.75, 3.05) is 6.61 Å². The van der Waals surface area contributed by atoms with Crippen molar-refractivity contribution < 1.29 is 5.11 Å². The number of aryl methyl sites for hydroxylation is 1. The van der Waals surface area contributed by atoms with E-state index in [9.17, 15) is 5.11 Å². The van der Waals surface area contributed by atoms with Crippen LogP contribution in [0.4, 0.5) is 0 Å². The molecule has 1 N–H and O–H groups in total. The van der Waals surface area contributed by atoms with Gasteiger partial charge in [0.25, 0.3) is 0 Å². The van der Waals surface area contributed by atoms with Crippen molar-refractivity contribution >= 4 is 0 Å². The molecular formula is C12H20N2O. The number of aromatic nitrogens is 2. The molecule has 1 aliphatic rings. The molecule has 1 aromatic rings. The van der Waals surface area contributed by atoms with E-state index in [1.165, 1.54) is 19.3 Å². The molecule has 3 nitrogen and oxygen atoms in total. The summed E-state index contributed by atoms with van der Waals surface area (Å²) in [5.74, 6) is 0. The van der Waals surface area contributed by atoms with Gasteiger partial charge in [-0.05, 0) is 30.7 Å². The van der Waals surface area contributed by atoms with Crippen LogP contribution in [0, 0.1) is 5.41 Å². The van der Waals surface area contributed by atoms with Crippen LogP contribution < -0.4 is 0 Å². The summed E-state index contributed by atoms with van der Waals surface area (Å²) in [6, 6.07) is 2.06. The fraction of sp³-hybridized carbons (Fsp3) is 0.750. The second-order valence-corrected chi connectivity index (χ2v) is 4.88. The minimum atomic E-state index is 0.118. The van der Waals surface area contributed by atoms with Crippen LogP contribution in [0.5, 0.6) is 0 Å². The summed E-state index contributed by atoms with van der Waals surface area (Å²) < 4.78 is 1.84. The molecule has 0 unspecified atom stereocenters. The Labute approximate surface area is 91.1 Å². The highest BCUT2D eigenvalue weighted by molar-refractivity contribution is 5.04. The molecule has 0 aliphatic heterocycles. The van der Waals surface area contributed by atoms with Crippen molar-refractivity contribution in [3.63, 3.8) is 0 Å². The van der Waals surface area contributed by atoms with Gasteiger partial charge in [-0.3, -0.25) is 4.68 Å². The van der Waals surface area contributed by atoms with Crippen molar-refractivity contribution in [3.05, 3.63) is 18.0 Å².